The van der Waals surface area contributed by atoms with Crippen LogP contribution in [0.3, 0.4) is 0 Å². The summed E-state index contributed by atoms with van der Waals surface area (Å²) in [5.74, 6) is 0. The van der Waals surface area contributed by atoms with Crippen LogP contribution in [0.4, 0.5) is 0 Å². The van der Waals surface area contributed by atoms with Crippen molar-refractivity contribution in [3.8, 4) is 6.07 Å². The number of hydrogen-bond acceptors (Lipinski definition) is 1. The van der Waals surface area contributed by atoms with Gasteiger partial charge >= 0.3 is 0 Å². The lowest BCUT2D eigenvalue weighted by Gasteiger charge is -1.15. The fourth-order valence-electron chi connectivity index (χ4n) is 0. The van der Waals surface area contributed by atoms with Gasteiger partial charge in [0.05, 0.1) is 6.07 Å². The van der Waals surface area contributed by atoms with Gasteiger partial charge in [-0.1, -0.05) is 0 Å². The Labute approximate surface area is 68.1 Å². The number of nitriles is 1. The molecule has 0 atom stereocenters. The van der Waals surface area contributed by atoms with Gasteiger partial charge in [0.25, 0.3) is 0 Å². The molecule has 0 aliphatic carbocycles. The quantitative estimate of drug-likeness (QED) is 0.570. The average Bonchev–Trinajstić information content (AvgIpc) is 0.918. The highest BCUT2D eigenvalue weighted by Gasteiger charge is 1.17. The van der Waals surface area contributed by atoms with Crippen LogP contribution in [0.1, 0.15) is 6.92 Å². The van der Waals surface area contributed by atoms with Crippen molar-refractivity contribution in [2.45, 2.75) is 6.92 Å². The summed E-state index contributed by atoms with van der Waals surface area (Å²) in [6.07, 6.45) is 0. The number of halogens is 4. The number of hydrogen-bond donors (Lipinski definition) is 0. The molecule has 0 aromatic heterocycles. The van der Waals surface area contributed by atoms with Crippen molar-refractivity contribution in [3.05, 3.63) is 0 Å². The Bertz CT molecular complexity index is 31.2. The van der Waals surface area contributed by atoms with Crippen LogP contribution in [-0.2, 0) is 0 Å². The Balaban J connectivity index is -0.00000000333. The van der Waals surface area contributed by atoms with E-state index in [4.69, 9.17) is 5.26 Å². The van der Waals surface area contributed by atoms with Crippen LogP contribution in [0.25, 0.3) is 0 Å². The van der Waals surface area contributed by atoms with Crippen LogP contribution in [0, 0.1) is 11.3 Å². The van der Waals surface area contributed by atoms with E-state index >= 15 is 0 Å². The van der Waals surface area contributed by atoms with E-state index in [1.807, 2.05) is 0 Å². The lowest BCUT2D eigenvalue weighted by Crippen LogP contribution is -1.10. The highest BCUT2D eigenvalue weighted by atomic mass is 35.5. The maximum Gasteiger partial charge on any atom is 0.0587 e. The zero-order chi connectivity index (χ0) is 2.71. The predicted octanol–water partition coefficient (Wildman–Crippen LogP) is 2.22. The van der Waals surface area contributed by atoms with E-state index in [0.29, 0.717) is 0 Å². The van der Waals surface area contributed by atoms with Gasteiger partial charge in [-0.2, -0.15) is 5.26 Å². The lowest BCUT2D eigenvalue weighted by molar-refractivity contribution is 1.49. The normalized spacial score (nSPS) is 1.14. The molecule has 0 saturated heterocycles. The Morgan fingerprint density at radius 1 is 1.00 bits per heavy atom. The SMILES string of the molecule is CC#N.Cl.Cl.Cl.Cl. The van der Waals surface area contributed by atoms with Crippen molar-refractivity contribution in [1.82, 2.24) is 0 Å². The summed E-state index contributed by atoms with van der Waals surface area (Å²) in [7, 11) is 0. The van der Waals surface area contributed by atoms with Crippen LogP contribution in [0.2, 0.25) is 0 Å². The molecule has 0 heterocycles. The molecule has 0 N–H and O–H groups in total. The van der Waals surface area contributed by atoms with Gasteiger partial charge < -0.3 is 0 Å². The Morgan fingerprint density at radius 2 is 1.00 bits per heavy atom. The topological polar surface area (TPSA) is 23.8 Å². The lowest BCUT2D eigenvalue weighted by atomic mass is 11.0. The first-order valence-electron chi connectivity index (χ1n) is 0.724. The van der Waals surface area contributed by atoms with Gasteiger partial charge in [0.15, 0.2) is 0 Å². The van der Waals surface area contributed by atoms with Crippen LogP contribution in [-0.4, -0.2) is 0 Å². The van der Waals surface area contributed by atoms with Gasteiger partial charge in [-0.3, -0.25) is 0 Å². The van der Waals surface area contributed by atoms with Gasteiger partial charge in [0.1, 0.15) is 0 Å². The molecule has 0 saturated carbocycles. The first kappa shape index (κ1) is 48.2. The molecule has 5 heteroatoms. The standard InChI is InChI=1S/C2H3N.4ClH/c1-2-3;;;;/h1H3;4*1H. The molecule has 0 fully saturated rings. The van der Waals surface area contributed by atoms with E-state index in [-0.39, 0.29) is 49.6 Å². The summed E-state index contributed by atoms with van der Waals surface area (Å²) in [5.41, 5.74) is 0. The third-order valence-corrected chi connectivity index (χ3v) is 0. The largest absolute Gasteiger partial charge is 0.199 e. The minimum atomic E-state index is 0. The van der Waals surface area contributed by atoms with Gasteiger partial charge in [-0.25, -0.2) is 0 Å². The average molecular weight is 187 g/mol. The van der Waals surface area contributed by atoms with Crippen LogP contribution in [0.5, 0.6) is 0 Å². The van der Waals surface area contributed by atoms with Crippen molar-refractivity contribution in [2.24, 2.45) is 0 Å². The van der Waals surface area contributed by atoms with E-state index in [1.54, 1.807) is 6.07 Å². The van der Waals surface area contributed by atoms with E-state index in [9.17, 15) is 0 Å². The van der Waals surface area contributed by atoms with Crippen molar-refractivity contribution in [1.29, 1.82) is 5.26 Å². The number of nitrogens with zero attached hydrogens (tertiary/aromatic N) is 1. The van der Waals surface area contributed by atoms with Gasteiger partial charge in [-0.15, -0.1) is 49.6 Å². The Morgan fingerprint density at radius 3 is 1.00 bits per heavy atom. The zero-order valence-corrected chi connectivity index (χ0v) is 6.85. The summed E-state index contributed by atoms with van der Waals surface area (Å²) in [6.45, 7) is 1.43. The molecule has 0 aromatic rings. The second kappa shape index (κ2) is 78.0. The summed E-state index contributed by atoms with van der Waals surface area (Å²) in [5, 5.41) is 7.32. The summed E-state index contributed by atoms with van der Waals surface area (Å²) < 4.78 is 0. The maximum atomic E-state index is 7.32. The summed E-state index contributed by atoms with van der Waals surface area (Å²) in [6, 6.07) is 1.75. The molecule has 7 heavy (non-hydrogen) atoms. The van der Waals surface area contributed by atoms with Gasteiger partial charge in [-0.05, 0) is 0 Å². The van der Waals surface area contributed by atoms with Crippen molar-refractivity contribution < 1.29 is 0 Å². The molecule has 0 bridgehead atoms. The van der Waals surface area contributed by atoms with Crippen molar-refractivity contribution in [2.75, 3.05) is 0 Å². The van der Waals surface area contributed by atoms with E-state index in [0.717, 1.165) is 0 Å². The highest BCUT2D eigenvalue weighted by molar-refractivity contribution is 5.86. The zero-order valence-electron chi connectivity index (χ0n) is 3.58. The Hall–Kier alpha value is 0.650. The first-order chi connectivity index (χ1) is 1.41. The van der Waals surface area contributed by atoms with Crippen molar-refractivity contribution >= 4 is 49.6 Å². The molecule has 0 aliphatic rings. The third-order valence-electron chi connectivity index (χ3n) is 0. The van der Waals surface area contributed by atoms with Crippen LogP contribution >= 0.6 is 49.6 Å². The molecular weight excluding hydrogens is 180 g/mol. The fourth-order valence-corrected chi connectivity index (χ4v) is 0. The molecule has 1 nitrogen and oxygen atoms in total. The second-order valence-corrected chi connectivity index (χ2v) is 0.224. The summed E-state index contributed by atoms with van der Waals surface area (Å²) in [4.78, 5) is 0. The third kappa shape index (κ3) is 340. The molecule has 0 rings (SSSR count). The maximum absolute atomic E-state index is 7.32. The van der Waals surface area contributed by atoms with Crippen molar-refractivity contribution in [3.63, 3.8) is 0 Å². The van der Waals surface area contributed by atoms with Gasteiger partial charge in [0, 0.05) is 6.92 Å². The van der Waals surface area contributed by atoms with E-state index in [2.05, 4.69) is 0 Å². The number of rotatable bonds is 0. The van der Waals surface area contributed by atoms with Crippen LogP contribution in [0.15, 0.2) is 0 Å². The van der Waals surface area contributed by atoms with Gasteiger partial charge in [0.2, 0.25) is 0 Å². The Kier molecular flexibility index (Phi) is 537. The molecule has 0 radical (unpaired) electrons. The molecule has 48 valence electrons. The smallest absolute Gasteiger partial charge is 0.0587 e. The molecule has 0 unspecified atom stereocenters. The molecule has 0 aliphatic heterocycles. The van der Waals surface area contributed by atoms with E-state index in [1.165, 1.54) is 6.92 Å². The minimum absolute atomic E-state index is 0. The first-order valence-corrected chi connectivity index (χ1v) is 0.724. The van der Waals surface area contributed by atoms with E-state index < -0.39 is 0 Å². The molecule has 0 amide bonds. The molecule has 0 aromatic carbocycles. The fraction of sp³-hybridized carbons (Fsp3) is 0.500. The second-order valence-electron chi connectivity index (χ2n) is 0.224. The minimum Gasteiger partial charge on any atom is -0.199 e. The van der Waals surface area contributed by atoms with Crippen LogP contribution < -0.4 is 0 Å². The highest BCUT2D eigenvalue weighted by Crippen LogP contribution is 1.21. The molecular formula is C2H7Cl4N. The summed E-state index contributed by atoms with van der Waals surface area (Å²) >= 11 is 0. The molecule has 0 spiro atoms. The monoisotopic (exact) mass is 185 g/mol. The predicted molar refractivity (Wildman–Crippen MR) is 40.3 cm³/mol.